The Hall–Kier alpha value is -2.03. The Balaban J connectivity index is 1.93. The van der Waals surface area contributed by atoms with Crippen LogP contribution in [-0.4, -0.2) is 37.5 Å². The lowest BCUT2D eigenvalue weighted by Crippen LogP contribution is -2.45. The molecule has 2 aromatic carbocycles. The largest absolute Gasteiger partial charge is 0.367 e. The van der Waals surface area contributed by atoms with Crippen molar-refractivity contribution in [3.63, 3.8) is 0 Å². The molecule has 0 aliphatic carbocycles. The Bertz CT molecular complexity index is 554. The van der Waals surface area contributed by atoms with Crippen LogP contribution in [0.5, 0.6) is 0 Å². The van der Waals surface area contributed by atoms with E-state index in [-0.39, 0.29) is 0 Å². The van der Waals surface area contributed by atoms with E-state index in [4.69, 9.17) is 0 Å². The lowest BCUT2D eigenvalue weighted by molar-refractivity contribution is -0.118. The van der Waals surface area contributed by atoms with Gasteiger partial charge in [-0.25, -0.2) is 0 Å². The van der Waals surface area contributed by atoms with Gasteiger partial charge in [-0.05, 0) is 11.5 Å². The second-order valence-electron chi connectivity index (χ2n) is 4.63. The predicted octanol–water partition coefficient (Wildman–Crippen LogP) is 2.12. The molecule has 3 heteroatoms. The first-order chi connectivity index (χ1) is 8.88. The minimum Gasteiger partial charge on any atom is -0.367 e. The van der Waals surface area contributed by atoms with E-state index in [0.717, 1.165) is 32.6 Å². The summed E-state index contributed by atoms with van der Waals surface area (Å²) in [5, 5.41) is 2.56. The molecule has 1 heterocycles. The van der Waals surface area contributed by atoms with Gasteiger partial charge in [-0.15, -0.1) is 0 Å². The van der Waals surface area contributed by atoms with E-state index >= 15 is 0 Å². The van der Waals surface area contributed by atoms with Crippen LogP contribution in [0.2, 0.25) is 0 Å². The number of anilines is 1. The van der Waals surface area contributed by atoms with Crippen LogP contribution in [0.25, 0.3) is 10.8 Å². The van der Waals surface area contributed by atoms with Gasteiger partial charge in [0.25, 0.3) is 0 Å². The molecule has 2 aromatic rings. The molecule has 1 saturated heterocycles. The summed E-state index contributed by atoms with van der Waals surface area (Å²) >= 11 is 0. The number of carbonyl (C=O) groups excluding carboxylic acids is 1. The quantitative estimate of drug-likeness (QED) is 0.751. The predicted molar refractivity (Wildman–Crippen MR) is 73.8 cm³/mol. The van der Waals surface area contributed by atoms with Crippen LogP contribution in [0.3, 0.4) is 0 Å². The number of rotatable bonds is 2. The minimum atomic E-state index is 0.812. The van der Waals surface area contributed by atoms with Gasteiger partial charge in [-0.1, -0.05) is 36.4 Å². The van der Waals surface area contributed by atoms with E-state index in [1.807, 2.05) is 4.90 Å². The van der Waals surface area contributed by atoms with Gasteiger partial charge in [0.05, 0.1) is 0 Å². The Labute approximate surface area is 107 Å². The summed E-state index contributed by atoms with van der Waals surface area (Å²) in [4.78, 5) is 14.9. The Kier molecular flexibility index (Phi) is 2.89. The summed E-state index contributed by atoms with van der Waals surface area (Å²) < 4.78 is 0. The molecule has 0 saturated carbocycles. The highest BCUT2D eigenvalue weighted by molar-refractivity contribution is 5.94. The maximum atomic E-state index is 10.7. The summed E-state index contributed by atoms with van der Waals surface area (Å²) in [5.41, 5.74) is 1.28. The van der Waals surface area contributed by atoms with Crippen molar-refractivity contribution in [3.05, 3.63) is 42.5 Å². The number of hydrogen-bond acceptors (Lipinski definition) is 2. The first-order valence-corrected chi connectivity index (χ1v) is 6.30. The summed E-state index contributed by atoms with van der Waals surface area (Å²) in [6.07, 6.45) is 0.945. The Morgan fingerprint density at radius 3 is 2.39 bits per heavy atom. The highest BCUT2D eigenvalue weighted by Crippen LogP contribution is 2.27. The maximum absolute atomic E-state index is 10.7. The fraction of sp³-hybridized carbons (Fsp3) is 0.267. The second kappa shape index (κ2) is 4.69. The van der Waals surface area contributed by atoms with Crippen molar-refractivity contribution in [1.29, 1.82) is 0 Å². The van der Waals surface area contributed by atoms with Crippen LogP contribution in [0.4, 0.5) is 5.69 Å². The fourth-order valence-corrected chi connectivity index (χ4v) is 2.55. The van der Waals surface area contributed by atoms with Crippen molar-refractivity contribution in [2.75, 3.05) is 31.1 Å². The van der Waals surface area contributed by atoms with Crippen LogP contribution in [0.15, 0.2) is 42.5 Å². The lowest BCUT2D eigenvalue weighted by Gasteiger charge is -2.34. The number of nitrogens with zero attached hydrogens (tertiary/aromatic N) is 2. The standard InChI is InChI=1S/C15H16N2O/c18-12-16-8-10-17(11-9-16)15-7-3-5-13-4-1-2-6-14(13)15/h1-7,12H,8-11H2. The number of hydrogen-bond donors (Lipinski definition) is 0. The van der Waals surface area contributed by atoms with E-state index in [2.05, 4.69) is 47.4 Å². The van der Waals surface area contributed by atoms with Gasteiger partial charge in [0.2, 0.25) is 6.41 Å². The fourth-order valence-electron chi connectivity index (χ4n) is 2.55. The first kappa shape index (κ1) is 11.1. The number of amides is 1. The Morgan fingerprint density at radius 1 is 0.889 bits per heavy atom. The molecule has 3 nitrogen and oxygen atoms in total. The van der Waals surface area contributed by atoms with E-state index in [9.17, 15) is 4.79 Å². The summed E-state index contributed by atoms with van der Waals surface area (Å²) in [5.74, 6) is 0. The molecule has 1 amide bonds. The van der Waals surface area contributed by atoms with Crippen LogP contribution in [0, 0.1) is 0 Å². The van der Waals surface area contributed by atoms with Crippen molar-refractivity contribution in [2.45, 2.75) is 0 Å². The number of carbonyl (C=O) groups is 1. The van der Waals surface area contributed by atoms with Crippen molar-refractivity contribution in [2.24, 2.45) is 0 Å². The molecular weight excluding hydrogens is 224 g/mol. The van der Waals surface area contributed by atoms with Gasteiger partial charge >= 0.3 is 0 Å². The zero-order valence-corrected chi connectivity index (χ0v) is 10.2. The average molecular weight is 240 g/mol. The number of fused-ring (bicyclic) bond motifs is 1. The molecule has 0 aromatic heterocycles. The van der Waals surface area contributed by atoms with Crippen molar-refractivity contribution < 1.29 is 4.79 Å². The molecule has 0 N–H and O–H groups in total. The van der Waals surface area contributed by atoms with Crippen molar-refractivity contribution in [1.82, 2.24) is 4.90 Å². The number of benzene rings is 2. The van der Waals surface area contributed by atoms with E-state index in [1.165, 1.54) is 16.5 Å². The highest BCUT2D eigenvalue weighted by atomic mass is 16.1. The monoisotopic (exact) mass is 240 g/mol. The third-order valence-electron chi connectivity index (χ3n) is 3.57. The first-order valence-electron chi connectivity index (χ1n) is 6.30. The molecule has 3 rings (SSSR count). The second-order valence-corrected chi connectivity index (χ2v) is 4.63. The molecule has 0 unspecified atom stereocenters. The van der Waals surface area contributed by atoms with Gasteiger partial charge in [0.1, 0.15) is 0 Å². The summed E-state index contributed by atoms with van der Waals surface area (Å²) in [6, 6.07) is 14.9. The molecule has 1 aliphatic heterocycles. The van der Waals surface area contributed by atoms with Crippen LogP contribution in [0.1, 0.15) is 0 Å². The van der Waals surface area contributed by atoms with Crippen LogP contribution >= 0.6 is 0 Å². The van der Waals surface area contributed by atoms with Gasteiger partial charge in [0.15, 0.2) is 0 Å². The van der Waals surface area contributed by atoms with Crippen molar-refractivity contribution in [3.8, 4) is 0 Å². The van der Waals surface area contributed by atoms with E-state index in [1.54, 1.807) is 0 Å². The van der Waals surface area contributed by atoms with Crippen LogP contribution in [-0.2, 0) is 4.79 Å². The molecule has 92 valence electrons. The lowest BCUT2D eigenvalue weighted by atomic mass is 10.1. The van der Waals surface area contributed by atoms with Gasteiger partial charge in [-0.2, -0.15) is 0 Å². The molecular formula is C15H16N2O. The normalized spacial score (nSPS) is 16.0. The molecule has 0 atom stereocenters. The number of piperazine rings is 1. The zero-order valence-electron chi connectivity index (χ0n) is 10.2. The van der Waals surface area contributed by atoms with E-state index in [0.29, 0.717) is 0 Å². The molecule has 1 fully saturated rings. The molecule has 18 heavy (non-hydrogen) atoms. The molecule has 0 spiro atoms. The van der Waals surface area contributed by atoms with Gasteiger partial charge < -0.3 is 9.80 Å². The zero-order chi connectivity index (χ0) is 12.4. The molecule has 1 aliphatic rings. The minimum absolute atomic E-state index is 0.812. The van der Waals surface area contributed by atoms with Gasteiger partial charge in [0, 0.05) is 37.3 Å². The Morgan fingerprint density at radius 2 is 1.61 bits per heavy atom. The maximum Gasteiger partial charge on any atom is 0.209 e. The van der Waals surface area contributed by atoms with E-state index < -0.39 is 0 Å². The third kappa shape index (κ3) is 1.92. The van der Waals surface area contributed by atoms with Crippen LogP contribution < -0.4 is 4.90 Å². The smallest absolute Gasteiger partial charge is 0.209 e. The average Bonchev–Trinajstić information content (AvgIpc) is 2.47. The molecule has 0 bridgehead atoms. The SMILES string of the molecule is O=CN1CCN(c2cccc3ccccc23)CC1. The molecule has 0 radical (unpaired) electrons. The summed E-state index contributed by atoms with van der Waals surface area (Å²) in [7, 11) is 0. The summed E-state index contributed by atoms with van der Waals surface area (Å²) in [6.45, 7) is 3.44. The van der Waals surface area contributed by atoms with Gasteiger partial charge in [-0.3, -0.25) is 4.79 Å². The van der Waals surface area contributed by atoms with Crippen molar-refractivity contribution >= 4 is 22.9 Å². The topological polar surface area (TPSA) is 23.6 Å². The highest BCUT2D eigenvalue weighted by Gasteiger charge is 2.16. The third-order valence-corrected chi connectivity index (χ3v) is 3.57.